The number of likely N-dealkylation sites (N-methyl/N-ethyl adjacent to an activating group) is 2. The highest BCUT2D eigenvalue weighted by atomic mass is 19.1. The molecule has 218 valence electrons. The molecule has 2 fully saturated rings. The molecule has 0 saturated heterocycles. The van der Waals surface area contributed by atoms with Crippen LogP contribution in [0.1, 0.15) is 38.2 Å². The summed E-state index contributed by atoms with van der Waals surface area (Å²) in [4.78, 5) is 37.4. The zero-order chi connectivity index (χ0) is 29.5. The second-order valence-corrected chi connectivity index (χ2v) is 10.8. The van der Waals surface area contributed by atoms with Crippen LogP contribution in [0, 0.1) is 23.6 Å². The number of carbonyl (C=O) groups is 2. The molecule has 41 heavy (non-hydrogen) atoms. The molecule has 11 heteroatoms. The van der Waals surface area contributed by atoms with Crippen LogP contribution in [0.4, 0.5) is 21.8 Å². The van der Waals surface area contributed by atoms with Gasteiger partial charge in [-0.2, -0.15) is 4.98 Å². The van der Waals surface area contributed by atoms with Crippen molar-refractivity contribution in [2.75, 3.05) is 45.4 Å². The van der Waals surface area contributed by atoms with Crippen molar-refractivity contribution >= 4 is 29.3 Å². The van der Waals surface area contributed by atoms with Crippen molar-refractivity contribution in [3.05, 3.63) is 47.9 Å². The van der Waals surface area contributed by atoms with Crippen LogP contribution in [-0.2, 0) is 9.59 Å². The second-order valence-electron chi connectivity index (χ2n) is 10.8. The van der Waals surface area contributed by atoms with Gasteiger partial charge in [0.2, 0.25) is 17.8 Å². The highest BCUT2D eigenvalue weighted by Crippen LogP contribution is 2.29. The predicted molar refractivity (Wildman–Crippen MR) is 156 cm³/mol. The third-order valence-corrected chi connectivity index (χ3v) is 7.05. The molecule has 2 saturated carbocycles. The highest BCUT2D eigenvalue weighted by molar-refractivity contribution is 5.92. The monoisotopic (exact) mass is 563 g/mol. The number of aromatic nitrogens is 2. The maximum absolute atomic E-state index is 14.1. The number of hydrogen-bond acceptors (Lipinski definition) is 8. The Morgan fingerprint density at radius 3 is 2.63 bits per heavy atom. The van der Waals surface area contributed by atoms with E-state index in [4.69, 9.17) is 4.74 Å². The Morgan fingerprint density at radius 1 is 1.22 bits per heavy atom. The molecule has 2 aliphatic rings. The summed E-state index contributed by atoms with van der Waals surface area (Å²) in [7, 11) is 6.89. The summed E-state index contributed by atoms with van der Waals surface area (Å²) < 4.78 is 19.0. The largest absolute Gasteiger partial charge is 0.494 e. The molecule has 1 aromatic carbocycles. The molecular formula is C30H38FN7O3. The Labute approximate surface area is 240 Å². The fourth-order valence-electron chi connectivity index (χ4n) is 4.14. The molecule has 0 unspecified atom stereocenters. The third kappa shape index (κ3) is 8.41. The molecule has 1 heterocycles. The van der Waals surface area contributed by atoms with Crippen molar-refractivity contribution in [2.45, 2.75) is 50.7 Å². The first-order chi connectivity index (χ1) is 19.6. The SMILES string of the molecule is COc1ccc(Nc2ncc(C#CC3CC(NC(=O)[C@H](C)N(C)C(=O)/C=C/CN(C)C)C3)c(NC3CC3)n2)cc1F. The fourth-order valence-corrected chi connectivity index (χ4v) is 4.14. The van der Waals surface area contributed by atoms with E-state index in [0.717, 1.165) is 25.7 Å². The topological polar surface area (TPSA) is 112 Å². The number of nitrogens with zero attached hydrogens (tertiary/aromatic N) is 4. The number of hydrogen-bond donors (Lipinski definition) is 3. The summed E-state index contributed by atoms with van der Waals surface area (Å²) in [6.45, 7) is 2.38. The van der Waals surface area contributed by atoms with Crippen molar-refractivity contribution in [3.63, 3.8) is 0 Å². The molecule has 3 N–H and O–H groups in total. The Kier molecular flexibility index (Phi) is 9.78. The number of amides is 2. The van der Waals surface area contributed by atoms with Crippen LogP contribution in [-0.4, -0.2) is 84.5 Å². The summed E-state index contributed by atoms with van der Waals surface area (Å²) in [6, 6.07) is 4.36. The van der Waals surface area contributed by atoms with Crippen molar-refractivity contribution in [1.82, 2.24) is 25.1 Å². The first-order valence-electron chi connectivity index (χ1n) is 13.8. The number of halogens is 1. The van der Waals surface area contributed by atoms with Crippen LogP contribution in [0.5, 0.6) is 5.75 Å². The van der Waals surface area contributed by atoms with E-state index < -0.39 is 11.9 Å². The number of anilines is 3. The Hall–Kier alpha value is -4.17. The van der Waals surface area contributed by atoms with Gasteiger partial charge in [-0.1, -0.05) is 17.9 Å². The summed E-state index contributed by atoms with van der Waals surface area (Å²) in [6.07, 6.45) is 8.55. The van der Waals surface area contributed by atoms with Gasteiger partial charge in [0.05, 0.1) is 18.9 Å². The predicted octanol–water partition coefficient (Wildman–Crippen LogP) is 3.15. The van der Waals surface area contributed by atoms with E-state index in [1.54, 1.807) is 38.4 Å². The molecule has 10 nitrogen and oxygen atoms in total. The molecule has 0 bridgehead atoms. The van der Waals surface area contributed by atoms with Crippen LogP contribution in [0.15, 0.2) is 36.5 Å². The quantitative estimate of drug-likeness (QED) is 0.283. The molecular weight excluding hydrogens is 525 g/mol. The van der Waals surface area contributed by atoms with Crippen LogP contribution in [0.3, 0.4) is 0 Å². The zero-order valence-electron chi connectivity index (χ0n) is 24.2. The molecule has 4 rings (SSSR count). The zero-order valence-corrected chi connectivity index (χ0v) is 24.2. The van der Waals surface area contributed by atoms with E-state index in [1.165, 1.54) is 24.2 Å². The summed E-state index contributed by atoms with van der Waals surface area (Å²) in [5.41, 5.74) is 1.19. The Morgan fingerprint density at radius 2 is 1.98 bits per heavy atom. The molecule has 2 aliphatic carbocycles. The lowest BCUT2D eigenvalue weighted by atomic mass is 9.80. The summed E-state index contributed by atoms with van der Waals surface area (Å²) >= 11 is 0. The van der Waals surface area contributed by atoms with Gasteiger partial charge in [-0.05, 0) is 58.8 Å². The second kappa shape index (κ2) is 13.5. The van der Waals surface area contributed by atoms with Gasteiger partial charge in [-0.15, -0.1) is 0 Å². The van der Waals surface area contributed by atoms with Crippen LogP contribution in [0.2, 0.25) is 0 Å². The van der Waals surface area contributed by atoms with E-state index in [9.17, 15) is 14.0 Å². The number of nitrogens with one attached hydrogen (secondary N) is 3. The average molecular weight is 564 g/mol. The van der Waals surface area contributed by atoms with Crippen LogP contribution in [0.25, 0.3) is 0 Å². The van der Waals surface area contributed by atoms with E-state index >= 15 is 0 Å². The number of benzene rings is 1. The molecule has 0 aliphatic heterocycles. The number of carbonyl (C=O) groups excluding carboxylic acids is 2. The molecule has 0 radical (unpaired) electrons. The van der Waals surface area contributed by atoms with Gasteiger partial charge in [-0.25, -0.2) is 9.37 Å². The Bertz CT molecular complexity index is 1340. The van der Waals surface area contributed by atoms with Gasteiger partial charge in [0.1, 0.15) is 11.9 Å². The van der Waals surface area contributed by atoms with E-state index in [-0.39, 0.29) is 29.5 Å². The minimum atomic E-state index is -0.577. The maximum Gasteiger partial charge on any atom is 0.246 e. The number of methoxy groups -OCH3 is 1. The lowest BCUT2D eigenvalue weighted by Gasteiger charge is -2.34. The van der Waals surface area contributed by atoms with Crippen LogP contribution < -0.4 is 20.7 Å². The molecule has 1 aromatic heterocycles. The summed E-state index contributed by atoms with van der Waals surface area (Å²) in [5.74, 6) is 6.89. The van der Waals surface area contributed by atoms with E-state index in [0.29, 0.717) is 35.6 Å². The molecule has 1 atom stereocenters. The number of ether oxygens (including phenoxy) is 1. The van der Waals surface area contributed by atoms with Gasteiger partial charge in [0.15, 0.2) is 11.6 Å². The normalized spacial score (nSPS) is 18.6. The highest BCUT2D eigenvalue weighted by Gasteiger charge is 2.31. The lowest BCUT2D eigenvalue weighted by molar-refractivity contribution is -0.135. The third-order valence-electron chi connectivity index (χ3n) is 7.05. The van der Waals surface area contributed by atoms with E-state index in [1.807, 2.05) is 19.0 Å². The van der Waals surface area contributed by atoms with Crippen molar-refractivity contribution < 1.29 is 18.7 Å². The van der Waals surface area contributed by atoms with Gasteiger partial charge in [0.25, 0.3) is 0 Å². The van der Waals surface area contributed by atoms with E-state index in [2.05, 4.69) is 37.8 Å². The van der Waals surface area contributed by atoms with Gasteiger partial charge >= 0.3 is 0 Å². The van der Waals surface area contributed by atoms with Crippen LogP contribution >= 0.6 is 0 Å². The first kappa shape index (κ1) is 29.8. The average Bonchev–Trinajstić information content (AvgIpc) is 3.73. The first-order valence-corrected chi connectivity index (χ1v) is 13.8. The molecule has 2 amide bonds. The lowest BCUT2D eigenvalue weighted by Crippen LogP contribution is -2.51. The smallest absolute Gasteiger partial charge is 0.246 e. The maximum atomic E-state index is 14.1. The number of rotatable bonds is 11. The fraction of sp³-hybridized carbons (Fsp3) is 0.467. The molecule has 0 spiro atoms. The minimum Gasteiger partial charge on any atom is -0.494 e. The van der Waals surface area contributed by atoms with Gasteiger partial charge in [-0.3, -0.25) is 9.59 Å². The van der Waals surface area contributed by atoms with Crippen molar-refractivity contribution in [1.29, 1.82) is 0 Å². The molecule has 2 aromatic rings. The summed E-state index contributed by atoms with van der Waals surface area (Å²) in [5, 5.41) is 9.46. The van der Waals surface area contributed by atoms with Crippen molar-refractivity contribution in [2.24, 2.45) is 5.92 Å². The Balaban J connectivity index is 1.31. The van der Waals surface area contributed by atoms with Gasteiger partial charge < -0.3 is 30.5 Å². The van der Waals surface area contributed by atoms with Crippen molar-refractivity contribution in [3.8, 4) is 17.6 Å². The van der Waals surface area contributed by atoms with Gasteiger partial charge in [0, 0.05) is 49.4 Å². The standard InChI is InChI=1S/C30H38FN7O3/c1-19(38(4)27(39)7-6-14-37(2)3)29(40)34-24-15-20(16-24)8-9-21-18-32-30(36-28(21)33-22-10-11-22)35-23-12-13-26(41-5)25(31)17-23/h6-7,12-13,17-20,22,24H,10-11,14-16H2,1-5H3,(H,34,40)(H2,32,33,35,36)/b7-6+/t19-,20?,24?/m0/s1. The minimum absolute atomic E-state index is 0.0220.